The van der Waals surface area contributed by atoms with Crippen molar-refractivity contribution in [2.45, 2.75) is 25.0 Å². The van der Waals surface area contributed by atoms with E-state index in [1.165, 1.54) is 0 Å². The number of carbonyl (C=O) groups excluding carboxylic acids is 1. The normalized spacial score (nSPS) is 11.3. The maximum Gasteiger partial charge on any atom is 0.224 e. The summed E-state index contributed by atoms with van der Waals surface area (Å²) < 4.78 is 21.8. The molecule has 7 heteroatoms. The van der Waals surface area contributed by atoms with Crippen LogP contribution in [0.4, 0.5) is 5.69 Å². The molecular formula is C12H17BrN2O3S. The Morgan fingerprint density at radius 2 is 1.84 bits per heavy atom. The molecule has 0 aliphatic heterocycles. The van der Waals surface area contributed by atoms with Crippen LogP contribution in [-0.4, -0.2) is 19.7 Å². The zero-order valence-electron chi connectivity index (χ0n) is 10.4. The van der Waals surface area contributed by atoms with Crippen LogP contribution in [0.1, 0.15) is 24.8 Å². The van der Waals surface area contributed by atoms with Crippen LogP contribution >= 0.6 is 15.9 Å². The predicted molar refractivity (Wildman–Crippen MR) is 79.5 cm³/mol. The quantitative estimate of drug-likeness (QED) is 0.583. The van der Waals surface area contributed by atoms with Crippen LogP contribution in [0.25, 0.3) is 0 Å². The minimum atomic E-state index is -3.52. The summed E-state index contributed by atoms with van der Waals surface area (Å²) in [6.45, 7) is 0. The molecule has 0 heterocycles. The minimum Gasteiger partial charge on any atom is -0.326 e. The fourth-order valence-electron chi connectivity index (χ4n) is 1.52. The second-order valence-corrected chi connectivity index (χ2v) is 6.61. The lowest BCUT2D eigenvalue weighted by Gasteiger charge is -2.06. The van der Waals surface area contributed by atoms with Gasteiger partial charge in [-0.2, -0.15) is 0 Å². The van der Waals surface area contributed by atoms with Gasteiger partial charge in [-0.3, -0.25) is 4.79 Å². The number of amides is 1. The van der Waals surface area contributed by atoms with Crippen molar-refractivity contribution in [1.29, 1.82) is 0 Å². The van der Waals surface area contributed by atoms with Crippen molar-refractivity contribution in [3.05, 3.63) is 29.8 Å². The zero-order valence-corrected chi connectivity index (χ0v) is 12.8. The summed E-state index contributed by atoms with van der Waals surface area (Å²) in [4.78, 5) is 11.6. The van der Waals surface area contributed by atoms with E-state index in [-0.39, 0.29) is 11.7 Å². The van der Waals surface area contributed by atoms with Crippen LogP contribution in [0.5, 0.6) is 0 Å². The van der Waals surface area contributed by atoms with E-state index in [4.69, 9.17) is 5.14 Å². The Balaban J connectivity index is 2.50. The van der Waals surface area contributed by atoms with Gasteiger partial charge in [-0.05, 0) is 30.5 Å². The van der Waals surface area contributed by atoms with Gasteiger partial charge in [-0.25, -0.2) is 13.6 Å². The van der Waals surface area contributed by atoms with Gasteiger partial charge < -0.3 is 5.32 Å². The molecule has 0 saturated heterocycles. The third-order valence-electron chi connectivity index (χ3n) is 2.39. The van der Waals surface area contributed by atoms with Gasteiger partial charge in [-0.15, -0.1) is 0 Å². The molecule has 1 aromatic carbocycles. The van der Waals surface area contributed by atoms with Gasteiger partial charge in [0.1, 0.15) is 0 Å². The second-order valence-electron chi connectivity index (χ2n) is 4.20. The van der Waals surface area contributed by atoms with Gasteiger partial charge in [0.25, 0.3) is 0 Å². The third kappa shape index (κ3) is 7.29. The number of rotatable bonds is 7. The summed E-state index contributed by atoms with van der Waals surface area (Å²) in [5, 5.41) is 8.60. The van der Waals surface area contributed by atoms with Crippen LogP contribution in [0.2, 0.25) is 0 Å². The second kappa shape index (κ2) is 7.62. The number of sulfonamides is 1. The summed E-state index contributed by atoms with van der Waals surface area (Å²) in [6.07, 6.45) is 2.27. The van der Waals surface area contributed by atoms with E-state index in [0.29, 0.717) is 17.7 Å². The number of hydrogen-bond acceptors (Lipinski definition) is 3. The van der Waals surface area contributed by atoms with E-state index < -0.39 is 10.0 Å². The minimum absolute atomic E-state index is 0.0415. The van der Waals surface area contributed by atoms with Gasteiger partial charge in [0.2, 0.25) is 15.9 Å². The lowest BCUT2D eigenvalue weighted by molar-refractivity contribution is -0.116. The lowest BCUT2D eigenvalue weighted by atomic mass is 10.2. The number of hydrogen-bond donors (Lipinski definition) is 2. The van der Waals surface area contributed by atoms with E-state index in [9.17, 15) is 13.2 Å². The molecule has 5 nitrogen and oxygen atoms in total. The first-order chi connectivity index (χ1) is 8.90. The fraction of sp³-hybridized carbons (Fsp3) is 0.417. The fourth-order valence-corrected chi connectivity index (χ4v) is 2.57. The molecule has 3 N–H and O–H groups in total. The molecule has 0 aliphatic carbocycles. The first-order valence-electron chi connectivity index (χ1n) is 5.86. The topological polar surface area (TPSA) is 89.3 Å². The largest absolute Gasteiger partial charge is 0.326 e. The molecule has 0 saturated carbocycles. The van der Waals surface area contributed by atoms with Crippen molar-refractivity contribution < 1.29 is 13.2 Å². The number of anilines is 1. The molecule has 0 fully saturated rings. The summed E-state index contributed by atoms with van der Waals surface area (Å²) in [6, 6.07) is 6.61. The Morgan fingerprint density at radius 3 is 2.37 bits per heavy atom. The van der Waals surface area contributed by atoms with Crippen LogP contribution < -0.4 is 10.5 Å². The highest BCUT2D eigenvalue weighted by Crippen LogP contribution is 2.12. The van der Waals surface area contributed by atoms with Crippen molar-refractivity contribution in [3.63, 3.8) is 0 Å². The third-order valence-corrected chi connectivity index (χ3v) is 3.69. The molecule has 1 rings (SSSR count). The average Bonchev–Trinajstić information content (AvgIpc) is 2.30. The Kier molecular flexibility index (Phi) is 6.47. The Bertz CT molecular complexity index is 514. The number of primary sulfonamides is 1. The molecule has 0 spiro atoms. The van der Waals surface area contributed by atoms with Crippen molar-refractivity contribution >= 4 is 37.5 Å². The molecule has 0 aliphatic rings. The van der Waals surface area contributed by atoms with Gasteiger partial charge in [-0.1, -0.05) is 28.1 Å². The Hall–Kier alpha value is -0.920. The monoisotopic (exact) mass is 348 g/mol. The predicted octanol–water partition coefficient (Wildman–Crippen LogP) is 1.98. The smallest absolute Gasteiger partial charge is 0.224 e. The Labute approximate surface area is 121 Å². The van der Waals surface area contributed by atoms with Crippen molar-refractivity contribution in [2.75, 3.05) is 10.6 Å². The standard InChI is InChI=1S/C12H17BrN2O3S/c13-8-2-1-3-12(16)15-11-6-4-10(5-7-11)9-19(14,17)18/h4-7H,1-3,8-9H2,(H,15,16)(H2,14,17,18). The molecule has 0 aromatic heterocycles. The summed E-state index contributed by atoms with van der Waals surface area (Å²) in [5.74, 6) is -0.243. The van der Waals surface area contributed by atoms with Gasteiger partial charge in [0.05, 0.1) is 5.75 Å². The van der Waals surface area contributed by atoms with E-state index in [2.05, 4.69) is 21.2 Å². The highest BCUT2D eigenvalue weighted by molar-refractivity contribution is 9.09. The van der Waals surface area contributed by atoms with Crippen LogP contribution in [0.15, 0.2) is 24.3 Å². The number of carbonyl (C=O) groups is 1. The van der Waals surface area contributed by atoms with Crippen LogP contribution in [0, 0.1) is 0 Å². The number of nitrogens with two attached hydrogens (primary N) is 1. The number of halogens is 1. The van der Waals surface area contributed by atoms with Gasteiger partial charge >= 0.3 is 0 Å². The zero-order chi connectivity index (χ0) is 14.3. The molecule has 1 aromatic rings. The maximum absolute atomic E-state index is 11.6. The molecule has 19 heavy (non-hydrogen) atoms. The van der Waals surface area contributed by atoms with E-state index in [1.807, 2.05) is 0 Å². The van der Waals surface area contributed by atoms with E-state index in [1.54, 1.807) is 24.3 Å². The molecule has 1 amide bonds. The molecule has 106 valence electrons. The highest BCUT2D eigenvalue weighted by atomic mass is 79.9. The molecule has 0 radical (unpaired) electrons. The first kappa shape index (κ1) is 16.1. The first-order valence-corrected chi connectivity index (χ1v) is 8.69. The summed E-state index contributed by atoms with van der Waals surface area (Å²) in [5.41, 5.74) is 1.25. The number of unbranched alkanes of at least 4 members (excludes halogenated alkanes) is 1. The van der Waals surface area contributed by atoms with E-state index in [0.717, 1.165) is 18.2 Å². The molecule has 0 unspecified atom stereocenters. The van der Waals surface area contributed by atoms with Crippen molar-refractivity contribution in [2.24, 2.45) is 5.14 Å². The van der Waals surface area contributed by atoms with Crippen molar-refractivity contribution in [3.8, 4) is 0 Å². The molecule has 0 atom stereocenters. The SMILES string of the molecule is NS(=O)(=O)Cc1ccc(NC(=O)CCCCBr)cc1. The molecule has 0 bridgehead atoms. The average molecular weight is 349 g/mol. The van der Waals surface area contributed by atoms with Gasteiger partial charge in [0.15, 0.2) is 0 Å². The van der Waals surface area contributed by atoms with Crippen LogP contribution in [0.3, 0.4) is 0 Å². The Morgan fingerprint density at radius 1 is 1.21 bits per heavy atom. The maximum atomic E-state index is 11.6. The number of nitrogens with one attached hydrogen (secondary N) is 1. The van der Waals surface area contributed by atoms with Gasteiger partial charge in [0, 0.05) is 17.4 Å². The number of benzene rings is 1. The lowest BCUT2D eigenvalue weighted by Crippen LogP contribution is -2.14. The molecular weight excluding hydrogens is 332 g/mol. The number of alkyl halides is 1. The highest BCUT2D eigenvalue weighted by Gasteiger charge is 2.06. The summed E-state index contributed by atoms with van der Waals surface area (Å²) in [7, 11) is -3.52. The summed E-state index contributed by atoms with van der Waals surface area (Å²) >= 11 is 3.31. The van der Waals surface area contributed by atoms with E-state index >= 15 is 0 Å². The van der Waals surface area contributed by atoms with Crippen molar-refractivity contribution in [1.82, 2.24) is 0 Å². The van der Waals surface area contributed by atoms with Crippen LogP contribution in [-0.2, 0) is 20.6 Å².